The summed E-state index contributed by atoms with van der Waals surface area (Å²) in [6.07, 6.45) is -0.766. The number of nitrogens with one attached hydrogen (secondary N) is 1. The molecule has 106 valence electrons. The lowest BCUT2D eigenvalue weighted by atomic mass is 10.2. The Kier molecular flexibility index (Phi) is 4.58. The second-order valence-electron chi connectivity index (χ2n) is 4.78. The molecule has 0 heterocycles. The first-order chi connectivity index (χ1) is 8.78. The van der Waals surface area contributed by atoms with Crippen molar-refractivity contribution in [2.24, 2.45) is 0 Å². The fraction of sp³-hybridized carbons (Fsp3) is 0.462. The molecule has 0 bridgehead atoms. The molecular weight excluding hydrogens is 253 g/mol. The zero-order valence-electron chi connectivity index (χ0n) is 11.7. The van der Waals surface area contributed by atoms with E-state index in [4.69, 9.17) is 14.2 Å². The molecule has 0 radical (unpaired) electrons. The highest BCUT2D eigenvalue weighted by Gasteiger charge is 2.21. The topological polar surface area (TPSA) is 56.8 Å². The Morgan fingerprint density at radius 3 is 2.32 bits per heavy atom. The van der Waals surface area contributed by atoms with Crippen molar-refractivity contribution < 1.29 is 23.4 Å². The largest absolute Gasteiger partial charge is 0.493 e. The number of carbonyl (C=O) groups is 1. The molecule has 1 N–H and O–H groups in total. The maximum absolute atomic E-state index is 13.7. The average molecular weight is 271 g/mol. The van der Waals surface area contributed by atoms with Gasteiger partial charge in [-0.1, -0.05) is 0 Å². The number of ether oxygens (including phenoxy) is 3. The highest BCUT2D eigenvalue weighted by molar-refractivity contribution is 5.88. The van der Waals surface area contributed by atoms with Gasteiger partial charge in [-0.3, -0.25) is 5.32 Å². The summed E-state index contributed by atoms with van der Waals surface area (Å²) in [5.74, 6) is -0.216. The molecule has 0 aromatic heterocycles. The van der Waals surface area contributed by atoms with Gasteiger partial charge in [0.05, 0.1) is 14.2 Å². The molecule has 0 saturated heterocycles. The first kappa shape index (κ1) is 15.1. The minimum absolute atomic E-state index is 0.105. The molecule has 6 heteroatoms. The van der Waals surface area contributed by atoms with Crippen molar-refractivity contribution in [3.05, 3.63) is 17.9 Å². The van der Waals surface area contributed by atoms with E-state index in [-0.39, 0.29) is 11.4 Å². The van der Waals surface area contributed by atoms with E-state index < -0.39 is 17.5 Å². The van der Waals surface area contributed by atoms with Gasteiger partial charge in [-0.2, -0.15) is 0 Å². The van der Waals surface area contributed by atoms with E-state index in [1.165, 1.54) is 26.4 Å². The Labute approximate surface area is 111 Å². The lowest BCUT2D eigenvalue weighted by molar-refractivity contribution is 0.0634. The van der Waals surface area contributed by atoms with Crippen molar-refractivity contribution in [1.82, 2.24) is 0 Å². The maximum Gasteiger partial charge on any atom is 0.412 e. The minimum Gasteiger partial charge on any atom is -0.493 e. The molecule has 5 nitrogen and oxygen atoms in total. The summed E-state index contributed by atoms with van der Waals surface area (Å²) in [5, 5.41) is 2.32. The monoisotopic (exact) mass is 271 g/mol. The smallest absolute Gasteiger partial charge is 0.412 e. The highest BCUT2D eigenvalue weighted by atomic mass is 19.1. The number of rotatable bonds is 3. The molecule has 1 amide bonds. The molecule has 0 fully saturated rings. The predicted octanol–water partition coefficient (Wildman–Crippen LogP) is 3.19. The predicted molar refractivity (Wildman–Crippen MR) is 69.4 cm³/mol. The number of methoxy groups -OCH3 is 2. The average Bonchev–Trinajstić information content (AvgIpc) is 2.29. The quantitative estimate of drug-likeness (QED) is 0.917. The Bertz CT molecular complexity index is 468. The van der Waals surface area contributed by atoms with Crippen LogP contribution in [0.3, 0.4) is 0 Å². The summed E-state index contributed by atoms with van der Waals surface area (Å²) in [4.78, 5) is 11.7. The zero-order chi connectivity index (χ0) is 14.6. The standard InChI is InChI=1S/C13H18FNO4/c1-13(2,3)19-12(16)15-10-8(14)6-7-9(17-4)11(10)18-5/h6-7H,1-5H3,(H,15,16). The summed E-state index contributed by atoms with van der Waals surface area (Å²) in [6, 6.07) is 2.59. The third kappa shape index (κ3) is 4.01. The van der Waals surface area contributed by atoms with Gasteiger partial charge in [-0.05, 0) is 32.9 Å². The second-order valence-corrected chi connectivity index (χ2v) is 4.78. The Morgan fingerprint density at radius 1 is 1.21 bits per heavy atom. The van der Waals surface area contributed by atoms with Crippen LogP contribution in [0.25, 0.3) is 0 Å². The van der Waals surface area contributed by atoms with Crippen LogP contribution in [0.1, 0.15) is 20.8 Å². The summed E-state index contributed by atoms with van der Waals surface area (Å²) in [6.45, 7) is 5.14. The number of anilines is 1. The first-order valence-corrected chi connectivity index (χ1v) is 5.69. The van der Waals surface area contributed by atoms with Crippen LogP contribution in [-0.2, 0) is 4.74 Å². The van der Waals surface area contributed by atoms with Crippen molar-refractivity contribution in [2.45, 2.75) is 26.4 Å². The molecular formula is C13H18FNO4. The molecule has 0 aliphatic rings. The minimum atomic E-state index is -0.766. The van der Waals surface area contributed by atoms with Gasteiger partial charge in [0.2, 0.25) is 0 Å². The van der Waals surface area contributed by atoms with Gasteiger partial charge in [0.1, 0.15) is 11.3 Å². The lowest BCUT2D eigenvalue weighted by Crippen LogP contribution is -2.27. The molecule has 1 rings (SSSR count). The van der Waals surface area contributed by atoms with Crippen molar-refractivity contribution in [2.75, 3.05) is 19.5 Å². The molecule has 1 aromatic rings. The van der Waals surface area contributed by atoms with E-state index in [2.05, 4.69) is 5.32 Å². The zero-order valence-corrected chi connectivity index (χ0v) is 11.7. The molecule has 19 heavy (non-hydrogen) atoms. The van der Waals surface area contributed by atoms with Crippen LogP contribution in [0.15, 0.2) is 12.1 Å². The highest BCUT2D eigenvalue weighted by Crippen LogP contribution is 2.37. The number of benzene rings is 1. The fourth-order valence-corrected chi connectivity index (χ4v) is 1.43. The van der Waals surface area contributed by atoms with Crippen LogP contribution in [0.4, 0.5) is 14.9 Å². The molecule has 0 aliphatic heterocycles. The van der Waals surface area contributed by atoms with Crippen molar-refractivity contribution in [1.29, 1.82) is 0 Å². The summed E-state index contributed by atoms with van der Waals surface area (Å²) < 4.78 is 28.9. The Morgan fingerprint density at radius 2 is 1.84 bits per heavy atom. The van der Waals surface area contributed by atoms with Crippen molar-refractivity contribution in [3.8, 4) is 11.5 Å². The van der Waals surface area contributed by atoms with Gasteiger partial charge in [-0.15, -0.1) is 0 Å². The number of hydrogen-bond acceptors (Lipinski definition) is 4. The van der Waals surface area contributed by atoms with Gasteiger partial charge in [-0.25, -0.2) is 9.18 Å². The number of amides is 1. The second kappa shape index (κ2) is 5.77. The lowest BCUT2D eigenvalue weighted by Gasteiger charge is -2.21. The summed E-state index contributed by atoms with van der Waals surface area (Å²) in [7, 11) is 2.78. The third-order valence-corrected chi connectivity index (χ3v) is 2.12. The van der Waals surface area contributed by atoms with E-state index >= 15 is 0 Å². The number of hydrogen-bond donors (Lipinski definition) is 1. The molecule has 0 saturated carbocycles. The molecule has 0 unspecified atom stereocenters. The Hall–Kier alpha value is -1.98. The molecule has 0 atom stereocenters. The normalized spacial score (nSPS) is 10.8. The van der Waals surface area contributed by atoms with Crippen LogP contribution in [0.2, 0.25) is 0 Å². The van der Waals surface area contributed by atoms with Crippen LogP contribution in [0, 0.1) is 5.82 Å². The number of halogens is 1. The molecule has 0 spiro atoms. The maximum atomic E-state index is 13.7. The summed E-state index contributed by atoms with van der Waals surface area (Å²) >= 11 is 0. The van der Waals surface area contributed by atoms with Crippen LogP contribution >= 0.6 is 0 Å². The van der Waals surface area contributed by atoms with Crippen molar-refractivity contribution >= 4 is 11.8 Å². The SMILES string of the molecule is COc1ccc(F)c(NC(=O)OC(C)(C)C)c1OC. The molecule has 0 aliphatic carbocycles. The van der Waals surface area contributed by atoms with E-state index in [1.54, 1.807) is 20.8 Å². The van der Waals surface area contributed by atoms with E-state index in [0.29, 0.717) is 5.75 Å². The Balaban J connectivity index is 3.03. The van der Waals surface area contributed by atoms with E-state index in [1.807, 2.05) is 0 Å². The van der Waals surface area contributed by atoms with Gasteiger partial charge in [0.25, 0.3) is 0 Å². The van der Waals surface area contributed by atoms with Gasteiger partial charge in [0.15, 0.2) is 17.3 Å². The van der Waals surface area contributed by atoms with Gasteiger partial charge in [0, 0.05) is 0 Å². The van der Waals surface area contributed by atoms with Crippen LogP contribution in [-0.4, -0.2) is 25.9 Å². The van der Waals surface area contributed by atoms with Crippen LogP contribution < -0.4 is 14.8 Å². The van der Waals surface area contributed by atoms with E-state index in [0.717, 1.165) is 0 Å². The van der Waals surface area contributed by atoms with E-state index in [9.17, 15) is 9.18 Å². The number of carbonyl (C=O) groups excluding carboxylic acids is 1. The van der Waals surface area contributed by atoms with Gasteiger partial charge >= 0.3 is 6.09 Å². The van der Waals surface area contributed by atoms with Gasteiger partial charge < -0.3 is 14.2 Å². The van der Waals surface area contributed by atoms with Crippen molar-refractivity contribution in [3.63, 3.8) is 0 Å². The summed E-state index contributed by atoms with van der Waals surface area (Å²) in [5.41, 5.74) is -0.789. The molecule has 1 aromatic carbocycles. The first-order valence-electron chi connectivity index (χ1n) is 5.69. The fourth-order valence-electron chi connectivity index (χ4n) is 1.43. The third-order valence-electron chi connectivity index (χ3n) is 2.12. The van der Waals surface area contributed by atoms with Crippen LogP contribution in [0.5, 0.6) is 11.5 Å².